The van der Waals surface area contributed by atoms with Crippen molar-refractivity contribution >= 4 is 52.2 Å². The van der Waals surface area contributed by atoms with E-state index in [1.54, 1.807) is 18.2 Å². The van der Waals surface area contributed by atoms with Gasteiger partial charge < -0.3 is 9.84 Å². The Morgan fingerprint density at radius 2 is 2.04 bits per heavy atom. The average molecular weight is 414 g/mol. The van der Waals surface area contributed by atoms with Crippen molar-refractivity contribution in [3.63, 3.8) is 0 Å². The fourth-order valence-corrected chi connectivity index (χ4v) is 4.22. The molecule has 0 saturated heterocycles. The molecule has 0 fully saturated rings. The van der Waals surface area contributed by atoms with E-state index in [1.807, 2.05) is 17.5 Å². The molecule has 3 rings (SSSR count). The van der Waals surface area contributed by atoms with Crippen molar-refractivity contribution in [2.24, 2.45) is 0 Å². The van der Waals surface area contributed by atoms with Crippen molar-refractivity contribution in [1.29, 1.82) is 0 Å². The van der Waals surface area contributed by atoms with Gasteiger partial charge in [0, 0.05) is 15.8 Å². The molecular weight excluding hydrogens is 401 g/mol. The highest BCUT2D eigenvalue weighted by Crippen LogP contribution is 2.28. The van der Waals surface area contributed by atoms with E-state index in [1.165, 1.54) is 23.1 Å². The highest BCUT2D eigenvalue weighted by atomic mass is 35.5. The predicted octanol–water partition coefficient (Wildman–Crippen LogP) is 4.65. The van der Waals surface area contributed by atoms with E-state index in [2.05, 4.69) is 15.5 Å². The number of nitrogens with one attached hydrogen (secondary N) is 1. The lowest BCUT2D eigenvalue weighted by atomic mass is 10.2. The molecule has 0 aliphatic carbocycles. The molecule has 2 heterocycles. The second kappa shape index (κ2) is 8.71. The number of carbonyl (C=O) groups excluding carboxylic acids is 1. The van der Waals surface area contributed by atoms with Crippen LogP contribution in [-0.2, 0) is 17.1 Å². The number of halogens is 2. The van der Waals surface area contributed by atoms with Crippen LogP contribution < -0.4 is 5.32 Å². The summed E-state index contributed by atoms with van der Waals surface area (Å²) in [6, 6.07) is 9.18. The summed E-state index contributed by atoms with van der Waals surface area (Å²) in [5, 5.41) is 9.80. The third-order valence-corrected chi connectivity index (χ3v) is 5.72. The molecule has 0 spiro atoms. The van der Waals surface area contributed by atoms with Gasteiger partial charge in [-0.1, -0.05) is 40.5 Å². The first kappa shape index (κ1) is 18.3. The number of hydrogen-bond donors (Lipinski definition) is 1. The molecule has 25 heavy (non-hydrogen) atoms. The van der Waals surface area contributed by atoms with E-state index in [0.29, 0.717) is 27.5 Å². The Balaban J connectivity index is 1.44. The molecule has 5 nitrogen and oxygen atoms in total. The summed E-state index contributed by atoms with van der Waals surface area (Å²) < 4.78 is 5.13. The topological polar surface area (TPSA) is 68.0 Å². The molecule has 0 radical (unpaired) electrons. The summed E-state index contributed by atoms with van der Waals surface area (Å²) in [5.41, 5.74) is 0.834. The lowest BCUT2D eigenvalue weighted by Gasteiger charge is -2.06. The van der Waals surface area contributed by atoms with E-state index in [9.17, 15) is 4.79 Å². The van der Waals surface area contributed by atoms with Gasteiger partial charge in [-0.05, 0) is 29.1 Å². The molecule has 0 aliphatic heterocycles. The molecule has 0 atom stereocenters. The number of amides is 1. The summed E-state index contributed by atoms with van der Waals surface area (Å²) in [4.78, 5) is 17.1. The molecule has 0 aliphatic rings. The molecule has 3 aromatic rings. The Labute approximate surface area is 162 Å². The van der Waals surface area contributed by atoms with E-state index in [4.69, 9.17) is 27.7 Å². The lowest BCUT2D eigenvalue weighted by Crippen LogP contribution is -2.24. The third kappa shape index (κ3) is 4.98. The maximum Gasteiger partial charge on any atom is 0.246 e. The van der Waals surface area contributed by atoms with Crippen molar-refractivity contribution in [1.82, 2.24) is 15.5 Å². The molecule has 0 bridgehead atoms. The van der Waals surface area contributed by atoms with Crippen molar-refractivity contribution in [2.75, 3.05) is 5.75 Å². The van der Waals surface area contributed by atoms with E-state index in [0.717, 1.165) is 10.4 Å². The van der Waals surface area contributed by atoms with Crippen LogP contribution in [0.4, 0.5) is 0 Å². The molecule has 0 unspecified atom stereocenters. The molecule has 1 amide bonds. The summed E-state index contributed by atoms with van der Waals surface area (Å²) in [6.07, 6.45) is 0. The number of thioether (sulfide) groups is 1. The maximum absolute atomic E-state index is 11.9. The highest BCUT2D eigenvalue weighted by Gasteiger charge is 2.11. The van der Waals surface area contributed by atoms with Crippen LogP contribution in [0, 0.1) is 0 Å². The van der Waals surface area contributed by atoms with Gasteiger partial charge in [-0.3, -0.25) is 4.79 Å². The van der Waals surface area contributed by atoms with E-state index >= 15 is 0 Å². The van der Waals surface area contributed by atoms with E-state index < -0.39 is 0 Å². The maximum atomic E-state index is 11.9. The van der Waals surface area contributed by atoms with Crippen LogP contribution in [0.3, 0.4) is 0 Å². The molecule has 1 N–H and O–H groups in total. The normalized spacial score (nSPS) is 10.8. The Morgan fingerprint density at radius 1 is 1.24 bits per heavy atom. The highest BCUT2D eigenvalue weighted by molar-refractivity contribution is 7.99. The van der Waals surface area contributed by atoms with Gasteiger partial charge in [-0.25, -0.2) is 0 Å². The van der Waals surface area contributed by atoms with Crippen LogP contribution >= 0.6 is 46.3 Å². The first-order valence-corrected chi connectivity index (χ1v) is 10.1. The number of carbonyl (C=O) groups is 1. The fourth-order valence-electron chi connectivity index (χ4n) is 1.97. The average Bonchev–Trinajstić information content (AvgIpc) is 3.26. The second-order valence-corrected chi connectivity index (χ2v) is 7.71. The standard InChI is InChI=1S/C16H13Cl2N3O2S2/c17-11-3-1-4-12(18)10(11)8-24-9-14(22)19-7-15-20-16(21-23-15)13-5-2-6-25-13/h1-6H,7-9H2,(H,19,22). The molecule has 1 aromatic carbocycles. The van der Waals surface area contributed by atoms with Crippen LogP contribution in [0.15, 0.2) is 40.2 Å². The quantitative estimate of drug-likeness (QED) is 0.609. The van der Waals surface area contributed by atoms with Gasteiger partial charge in [0.05, 0.1) is 17.2 Å². The SMILES string of the molecule is O=C(CSCc1c(Cl)cccc1Cl)NCc1nc(-c2cccs2)no1. The molecular formula is C16H13Cl2N3O2S2. The number of hydrogen-bond acceptors (Lipinski definition) is 6. The van der Waals surface area contributed by atoms with Crippen LogP contribution in [-0.4, -0.2) is 21.8 Å². The smallest absolute Gasteiger partial charge is 0.246 e. The Morgan fingerprint density at radius 3 is 2.76 bits per heavy atom. The number of rotatable bonds is 7. The Hall–Kier alpha value is -1.54. The predicted molar refractivity (Wildman–Crippen MR) is 102 cm³/mol. The van der Waals surface area contributed by atoms with Crippen molar-refractivity contribution in [3.8, 4) is 10.7 Å². The van der Waals surface area contributed by atoms with Gasteiger partial charge >= 0.3 is 0 Å². The third-order valence-electron chi connectivity index (χ3n) is 3.19. The Bertz CT molecular complexity index is 833. The minimum absolute atomic E-state index is 0.121. The zero-order chi connectivity index (χ0) is 17.6. The minimum atomic E-state index is -0.121. The summed E-state index contributed by atoms with van der Waals surface area (Å²) in [6.45, 7) is 0.199. The lowest BCUT2D eigenvalue weighted by molar-refractivity contribution is -0.118. The van der Waals surface area contributed by atoms with E-state index in [-0.39, 0.29) is 18.2 Å². The summed E-state index contributed by atoms with van der Waals surface area (Å²) >= 11 is 15.2. The largest absolute Gasteiger partial charge is 0.346 e. The second-order valence-electron chi connectivity index (χ2n) is 4.96. The van der Waals surface area contributed by atoms with Crippen LogP contribution in [0.2, 0.25) is 10.0 Å². The zero-order valence-electron chi connectivity index (χ0n) is 12.9. The number of thiophene rings is 1. The van der Waals surface area contributed by atoms with Gasteiger partial charge in [0.1, 0.15) is 0 Å². The van der Waals surface area contributed by atoms with Crippen LogP contribution in [0.5, 0.6) is 0 Å². The molecule has 0 saturated carbocycles. The van der Waals surface area contributed by atoms with Crippen molar-refractivity contribution < 1.29 is 9.32 Å². The van der Waals surface area contributed by atoms with Crippen molar-refractivity contribution in [2.45, 2.75) is 12.3 Å². The fraction of sp³-hybridized carbons (Fsp3) is 0.188. The van der Waals surface area contributed by atoms with Gasteiger partial charge in [-0.2, -0.15) is 4.98 Å². The van der Waals surface area contributed by atoms with Crippen LogP contribution in [0.25, 0.3) is 10.7 Å². The number of aromatic nitrogens is 2. The Kier molecular flexibility index (Phi) is 6.36. The minimum Gasteiger partial charge on any atom is -0.346 e. The van der Waals surface area contributed by atoms with Gasteiger partial charge in [-0.15, -0.1) is 23.1 Å². The number of nitrogens with zero attached hydrogens (tertiary/aromatic N) is 2. The number of benzene rings is 1. The first-order chi connectivity index (χ1) is 12.1. The monoisotopic (exact) mass is 413 g/mol. The van der Waals surface area contributed by atoms with Crippen molar-refractivity contribution in [3.05, 3.63) is 57.2 Å². The van der Waals surface area contributed by atoms with Gasteiger partial charge in [0.25, 0.3) is 0 Å². The van der Waals surface area contributed by atoms with Crippen LogP contribution in [0.1, 0.15) is 11.5 Å². The summed E-state index contributed by atoms with van der Waals surface area (Å²) in [7, 11) is 0. The summed E-state index contributed by atoms with van der Waals surface area (Å²) in [5.74, 6) is 1.63. The zero-order valence-corrected chi connectivity index (χ0v) is 16.0. The first-order valence-electron chi connectivity index (χ1n) is 7.27. The molecule has 2 aromatic heterocycles. The molecule has 9 heteroatoms. The molecule has 130 valence electrons. The van der Waals surface area contributed by atoms with Gasteiger partial charge in [0.15, 0.2) is 0 Å². The van der Waals surface area contributed by atoms with Gasteiger partial charge in [0.2, 0.25) is 17.6 Å².